The molecule has 0 saturated heterocycles. The molecule has 0 atom stereocenters. The average molecular weight is 274 g/mol. The maximum Gasteiger partial charge on any atom is 0.255 e. The maximum atomic E-state index is 13.7. The fraction of sp³-hybridized carbons (Fsp3) is 0.200. The molecule has 4 nitrogen and oxygen atoms in total. The van der Waals surface area contributed by atoms with Gasteiger partial charge in [0.05, 0.1) is 5.56 Å². The van der Waals surface area contributed by atoms with Crippen LogP contribution in [0.4, 0.5) is 4.39 Å². The molecule has 0 fully saturated rings. The Bertz CT molecular complexity index is 624. The number of rotatable bonds is 4. The molecule has 1 aromatic carbocycles. The number of halogens is 1. The topological polar surface area (TPSA) is 65.2 Å². The van der Waals surface area contributed by atoms with Gasteiger partial charge in [-0.2, -0.15) is 0 Å². The molecule has 0 unspecified atom stereocenters. The average Bonchev–Trinajstić information content (AvgIpc) is 2.41. The predicted molar refractivity (Wildman–Crippen MR) is 73.3 cm³/mol. The van der Waals surface area contributed by atoms with Crippen LogP contribution in [0, 0.1) is 5.82 Å². The second-order valence-electron chi connectivity index (χ2n) is 4.70. The van der Waals surface area contributed by atoms with Crippen LogP contribution in [0.15, 0.2) is 36.5 Å². The highest BCUT2D eigenvalue weighted by Crippen LogP contribution is 2.24. The molecule has 0 spiro atoms. The van der Waals surface area contributed by atoms with Crippen molar-refractivity contribution in [1.29, 1.82) is 0 Å². The van der Waals surface area contributed by atoms with Gasteiger partial charge in [0.25, 0.3) is 5.88 Å². The number of ether oxygens (including phenoxy) is 1. The fourth-order valence-electron chi connectivity index (χ4n) is 1.67. The van der Waals surface area contributed by atoms with Gasteiger partial charge in [0.15, 0.2) is 5.82 Å². The lowest BCUT2D eigenvalue weighted by Gasteiger charge is -2.08. The Kier molecular flexibility index (Phi) is 3.98. The van der Waals surface area contributed by atoms with Gasteiger partial charge in [-0.05, 0) is 29.7 Å². The zero-order valence-corrected chi connectivity index (χ0v) is 11.3. The summed E-state index contributed by atoms with van der Waals surface area (Å²) in [6.45, 7) is 4.17. The van der Waals surface area contributed by atoms with Crippen LogP contribution < -0.4 is 10.5 Å². The minimum atomic E-state index is -0.732. The third-order valence-electron chi connectivity index (χ3n) is 2.85. The normalized spacial score (nSPS) is 10.6. The summed E-state index contributed by atoms with van der Waals surface area (Å²) in [5.74, 6) is -0.757. The van der Waals surface area contributed by atoms with Gasteiger partial charge >= 0.3 is 0 Å². The summed E-state index contributed by atoms with van der Waals surface area (Å²) in [4.78, 5) is 14.7. The number of nitrogens with two attached hydrogens (primary N) is 1. The van der Waals surface area contributed by atoms with Crippen molar-refractivity contribution >= 4 is 5.91 Å². The van der Waals surface area contributed by atoms with Crippen molar-refractivity contribution in [2.45, 2.75) is 19.8 Å². The Labute approximate surface area is 116 Å². The van der Waals surface area contributed by atoms with E-state index >= 15 is 0 Å². The molecule has 1 heterocycles. The number of primary amides is 1. The van der Waals surface area contributed by atoms with E-state index in [9.17, 15) is 9.18 Å². The molecule has 0 bridgehead atoms. The minimum Gasteiger partial charge on any atom is -0.436 e. The van der Waals surface area contributed by atoms with E-state index in [2.05, 4.69) is 18.8 Å². The number of pyridine rings is 1. The van der Waals surface area contributed by atoms with Crippen molar-refractivity contribution in [2.24, 2.45) is 5.73 Å². The second kappa shape index (κ2) is 5.69. The second-order valence-corrected chi connectivity index (χ2v) is 4.70. The first-order valence-corrected chi connectivity index (χ1v) is 6.20. The first-order chi connectivity index (χ1) is 9.47. The third kappa shape index (κ3) is 3.12. The van der Waals surface area contributed by atoms with Crippen molar-refractivity contribution in [3.05, 3.63) is 53.5 Å². The molecule has 0 aliphatic rings. The first kappa shape index (κ1) is 14.0. The van der Waals surface area contributed by atoms with E-state index < -0.39 is 11.7 Å². The number of benzene rings is 1. The van der Waals surface area contributed by atoms with Gasteiger partial charge in [0.1, 0.15) is 5.75 Å². The van der Waals surface area contributed by atoms with Gasteiger partial charge in [0.2, 0.25) is 5.91 Å². The molecule has 1 amide bonds. The van der Waals surface area contributed by atoms with Crippen molar-refractivity contribution < 1.29 is 13.9 Å². The van der Waals surface area contributed by atoms with E-state index in [-0.39, 0.29) is 11.4 Å². The van der Waals surface area contributed by atoms with Crippen molar-refractivity contribution in [3.63, 3.8) is 0 Å². The molecule has 2 N–H and O–H groups in total. The van der Waals surface area contributed by atoms with E-state index in [1.165, 1.54) is 6.20 Å². The van der Waals surface area contributed by atoms with Gasteiger partial charge in [0, 0.05) is 6.20 Å². The van der Waals surface area contributed by atoms with E-state index in [0.717, 1.165) is 11.6 Å². The number of carbonyl (C=O) groups excluding carboxylic acids is 1. The summed E-state index contributed by atoms with van der Waals surface area (Å²) < 4.78 is 19.0. The standard InChI is InChI=1S/C15H15FN2O2/c1-9(2)10-3-5-12(6-4-10)20-15-13(16)7-11(8-18-15)14(17)19/h3-9H,1-2H3,(H2,17,19). The number of hydrogen-bond acceptors (Lipinski definition) is 3. The summed E-state index contributed by atoms with van der Waals surface area (Å²) >= 11 is 0. The molecule has 0 aliphatic heterocycles. The zero-order chi connectivity index (χ0) is 14.7. The van der Waals surface area contributed by atoms with Crippen LogP contribution in [0.25, 0.3) is 0 Å². The number of amides is 1. The summed E-state index contributed by atoms with van der Waals surface area (Å²) in [5.41, 5.74) is 6.21. The third-order valence-corrected chi connectivity index (χ3v) is 2.85. The van der Waals surface area contributed by atoms with E-state index in [0.29, 0.717) is 11.7 Å². The summed E-state index contributed by atoms with van der Waals surface area (Å²) in [6.07, 6.45) is 1.18. The highest BCUT2D eigenvalue weighted by molar-refractivity contribution is 5.92. The quantitative estimate of drug-likeness (QED) is 0.930. The molecule has 20 heavy (non-hydrogen) atoms. The Balaban J connectivity index is 2.19. The van der Waals surface area contributed by atoms with Gasteiger partial charge in [-0.1, -0.05) is 26.0 Å². The van der Waals surface area contributed by atoms with E-state index in [1.54, 1.807) is 12.1 Å². The molecule has 5 heteroatoms. The van der Waals surface area contributed by atoms with Crippen molar-refractivity contribution in [2.75, 3.05) is 0 Å². The van der Waals surface area contributed by atoms with Gasteiger partial charge in [-0.25, -0.2) is 9.37 Å². The van der Waals surface area contributed by atoms with Crippen LogP contribution >= 0.6 is 0 Å². The lowest BCUT2D eigenvalue weighted by molar-refractivity contribution is 0.0999. The monoisotopic (exact) mass is 274 g/mol. The van der Waals surface area contributed by atoms with E-state index in [4.69, 9.17) is 10.5 Å². The van der Waals surface area contributed by atoms with Gasteiger partial charge in [-0.15, -0.1) is 0 Å². The van der Waals surface area contributed by atoms with Crippen LogP contribution in [0.1, 0.15) is 35.7 Å². The molecule has 0 saturated carbocycles. The van der Waals surface area contributed by atoms with Crippen LogP contribution in [0.5, 0.6) is 11.6 Å². The highest BCUT2D eigenvalue weighted by atomic mass is 19.1. The lowest BCUT2D eigenvalue weighted by Crippen LogP contribution is -2.11. The largest absolute Gasteiger partial charge is 0.436 e. The Hall–Kier alpha value is -2.43. The smallest absolute Gasteiger partial charge is 0.255 e. The molecule has 2 rings (SSSR count). The zero-order valence-electron chi connectivity index (χ0n) is 11.3. The molecule has 2 aromatic rings. The fourth-order valence-corrected chi connectivity index (χ4v) is 1.67. The number of nitrogens with zero attached hydrogens (tertiary/aromatic N) is 1. The van der Waals surface area contributed by atoms with Crippen molar-refractivity contribution in [3.8, 4) is 11.6 Å². The summed E-state index contributed by atoms with van der Waals surface area (Å²) in [5, 5.41) is 0. The van der Waals surface area contributed by atoms with Crippen LogP contribution in [0.2, 0.25) is 0 Å². The highest BCUT2D eigenvalue weighted by Gasteiger charge is 2.10. The Morgan fingerprint density at radius 3 is 2.45 bits per heavy atom. The predicted octanol–water partition coefficient (Wildman–Crippen LogP) is 3.24. The Morgan fingerprint density at radius 2 is 1.95 bits per heavy atom. The SMILES string of the molecule is CC(C)c1ccc(Oc2ncc(C(N)=O)cc2F)cc1. The summed E-state index contributed by atoms with van der Waals surface area (Å²) in [6, 6.07) is 8.33. The lowest BCUT2D eigenvalue weighted by atomic mass is 10.0. The van der Waals surface area contributed by atoms with Crippen LogP contribution in [-0.2, 0) is 0 Å². The molecule has 104 valence electrons. The number of carbonyl (C=O) groups is 1. The van der Waals surface area contributed by atoms with Crippen LogP contribution in [0.3, 0.4) is 0 Å². The number of hydrogen-bond donors (Lipinski definition) is 1. The molecule has 0 radical (unpaired) electrons. The molecule has 1 aromatic heterocycles. The Morgan fingerprint density at radius 1 is 1.30 bits per heavy atom. The molecular weight excluding hydrogens is 259 g/mol. The summed E-state index contributed by atoms with van der Waals surface area (Å²) in [7, 11) is 0. The molecule has 0 aliphatic carbocycles. The minimum absolute atomic E-state index is 0.00463. The van der Waals surface area contributed by atoms with Gasteiger partial charge in [-0.3, -0.25) is 4.79 Å². The first-order valence-electron chi connectivity index (χ1n) is 6.20. The van der Waals surface area contributed by atoms with Gasteiger partial charge < -0.3 is 10.5 Å². The van der Waals surface area contributed by atoms with Crippen LogP contribution in [-0.4, -0.2) is 10.9 Å². The van der Waals surface area contributed by atoms with Crippen molar-refractivity contribution in [1.82, 2.24) is 4.98 Å². The van der Waals surface area contributed by atoms with E-state index in [1.807, 2.05) is 12.1 Å². The molecular formula is C15H15FN2O2. The number of aromatic nitrogens is 1. The maximum absolute atomic E-state index is 13.7.